The second-order valence-corrected chi connectivity index (χ2v) is 19.3. The molecule has 14 heteroatoms. The molecule has 0 aliphatic carbocycles. The Bertz CT molecular complexity index is 1650. The molecule has 0 radical (unpaired) electrons. The Kier molecular flexibility index (Phi) is 42.2. The number of hydrogen-bond donors (Lipinski definition) is 7. The number of unbranched alkanes of at least 4 members (excludes halogenated alkanes) is 12. The van der Waals surface area contributed by atoms with E-state index >= 15 is 0 Å². The molecule has 0 amide bonds. The molecule has 2 aliphatic rings. The lowest BCUT2D eigenvalue weighted by Crippen LogP contribution is -2.61. The minimum absolute atomic E-state index is 0.0378. The van der Waals surface area contributed by atoms with Crippen molar-refractivity contribution in [1.82, 2.24) is 0 Å². The number of esters is 1. The van der Waals surface area contributed by atoms with E-state index in [0.717, 1.165) is 109 Å². The van der Waals surface area contributed by atoms with Crippen molar-refractivity contribution in [1.29, 1.82) is 0 Å². The number of aliphatic hydroxyl groups is 7. The Hall–Kier alpha value is -3.35. The molecule has 428 valence electrons. The minimum atomic E-state index is -1.72. The fourth-order valence-electron chi connectivity index (χ4n) is 8.24. The quantitative estimate of drug-likeness (QED) is 0.0172. The zero-order chi connectivity index (χ0) is 54.4. The first-order valence-corrected chi connectivity index (χ1v) is 28.5. The highest BCUT2D eigenvalue weighted by Crippen LogP contribution is 2.26. The number of hydrogen-bond acceptors (Lipinski definition) is 14. The molecular weight excluding hydrogens is 957 g/mol. The Morgan fingerprint density at radius 1 is 0.440 bits per heavy atom. The summed E-state index contributed by atoms with van der Waals surface area (Å²) < 4.78 is 34.3. The van der Waals surface area contributed by atoms with Gasteiger partial charge in [-0.15, -0.1) is 0 Å². The van der Waals surface area contributed by atoms with Crippen molar-refractivity contribution in [2.45, 2.75) is 235 Å². The molecule has 2 rings (SSSR count). The van der Waals surface area contributed by atoms with E-state index in [-0.39, 0.29) is 19.6 Å². The molecule has 0 bridgehead atoms. The van der Waals surface area contributed by atoms with Gasteiger partial charge in [0.05, 0.1) is 26.4 Å². The predicted molar refractivity (Wildman–Crippen MR) is 297 cm³/mol. The van der Waals surface area contributed by atoms with Crippen LogP contribution in [-0.4, -0.2) is 142 Å². The zero-order valence-electron chi connectivity index (χ0n) is 45.7. The van der Waals surface area contributed by atoms with Crippen LogP contribution in [0, 0.1) is 0 Å². The van der Waals surface area contributed by atoms with Crippen LogP contribution in [0.4, 0.5) is 0 Å². The smallest absolute Gasteiger partial charge is 0.306 e. The van der Waals surface area contributed by atoms with Crippen LogP contribution in [0.1, 0.15) is 168 Å². The second kappa shape index (κ2) is 46.7. The lowest BCUT2D eigenvalue weighted by Gasteiger charge is -2.42. The topological polar surface area (TPSA) is 214 Å². The van der Waals surface area contributed by atoms with Crippen LogP contribution in [0.3, 0.4) is 0 Å². The number of ether oxygens (including phenoxy) is 6. The summed E-state index contributed by atoms with van der Waals surface area (Å²) in [6.45, 7) is 3.38. The fourth-order valence-corrected chi connectivity index (χ4v) is 8.24. The summed E-state index contributed by atoms with van der Waals surface area (Å²) in [6.07, 6.45) is 47.1. The highest BCUT2D eigenvalue weighted by molar-refractivity contribution is 5.69. The molecule has 14 nitrogen and oxygen atoms in total. The van der Waals surface area contributed by atoms with Gasteiger partial charge in [-0.3, -0.25) is 4.79 Å². The molecular formula is C61H100O14. The first kappa shape index (κ1) is 67.8. The second-order valence-electron chi connectivity index (χ2n) is 19.3. The zero-order valence-corrected chi connectivity index (χ0v) is 45.7. The predicted octanol–water partition coefficient (Wildman–Crippen LogP) is 9.96. The highest BCUT2D eigenvalue weighted by atomic mass is 16.7. The van der Waals surface area contributed by atoms with Gasteiger partial charge in [0.1, 0.15) is 54.9 Å². The SMILES string of the molecule is CC/C=C\C/C=C\C/C=C\C/C=C\C/C=C\CCCCCCCCCCOCC(COC1OC(COC2OC(CO)C(O)C(O)C2O)C(O)C(O)C1O)OC(=O)CCCCCC/C=C\C/C=C\C/C=C\C/C=C\CC. The summed E-state index contributed by atoms with van der Waals surface area (Å²) in [5, 5.41) is 72.3. The van der Waals surface area contributed by atoms with Gasteiger partial charge in [-0.2, -0.15) is 0 Å². The van der Waals surface area contributed by atoms with Crippen LogP contribution in [0.15, 0.2) is 109 Å². The maximum absolute atomic E-state index is 13.1. The number of rotatable bonds is 44. The van der Waals surface area contributed by atoms with Gasteiger partial charge >= 0.3 is 5.97 Å². The van der Waals surface area contributed by atoms with Crippen LogP contribution in [0.5, 0.6) is 0 Å². The van der Waals surface area contributed by atoms with E-state index in [4.69, 9.17) is 28.4 Å². The first-order chi connectivity index (χ1) is 36.6. The van der Waals surface area contributed by atoms with Crippen molar-refractivity contribution in [3.05, 3.63) is 109 Å². The number of carbonyl (C=O) groups excluding carboxylic acids is 1. The van der Waals surface area contributed by atoms with Gasteiger partial charge in [0.25, 0.3) is 0 Å². The summed E-state index contributed by atoms with van der Waals surface area (Å²) in [5.74, 6) is -0.407. The van der Waals surface area contributed by atoms with Crippen molar-refractivity contribution in [3.63, 3.8) is 0 Å². The third kappa shape index (κ3) is 33.5. The van der Waals surface area contributed by atoms with Crippen LogP contribution in [0.25, 0.3) is 0 Å². The molecule has 11 atom stereocenters. The standard InChI is InChI=1S/C61H100O14/c1-3-5-7-9-11-13-15-17-19-21-22-23-24-25-26-27-29-31-33-35-37-39-41-43-45-70-47-50(73-53(63)44-42-40-38-36-34-32-30-28-20-18-16-14-12-10-8-6-4-2)48-71-60-59(69)57(67)55(65)52(75-60)49-72-61-58(68)56(66)54(64)51(46-62)74-61/h5-8,11-14,17-20,22-23,25-26,30,32,50-52,54-62,64-69H,3-4,9-10,15-16,21,24,27-29,31,33-49H2,1-2H3/b7-5-,8-6-,13-11-,14-12-,19-17-,20-18-,23-22-,26-25-,32-30-. The van der Waals surface area contributed by atoms with Crippen molar-refractivity contribution < 1.29 is 69.0 Å². The van der Waals surface area contributed by atoms with Crippen molar-refractivity contribution in [2.24, 2.45) is 0 Å². The van der Waals surface area contributed by atoms with Gasteiger partial charge < -0.3 is 64.2 Å². The van der Waals surface area contributed by atoms with Crippen LogP contribution < -0.4 is 0 Å². The third-order valence-electron chi connectivity index (χ3n) is 12.8. The van der Waals surface area contributed by atoms with Crippen LogP contribution in [0.2, 0.25) is 0 Å². The average molecular weight is 1060 g/mol. The Morgan fingerprint density at radius 2 is 0.827 bits per heavy atom. The molecule has 0 spiro atoms. The van der Waals surface area contributed by atoms with Gasteiger partial charge in [0, 0.05) is 13.0 Å². The van der Waals surface area contributed by atoms with Gasteiger partial charge in [0.2, 0.25) is 0 Å². The maximum Gasteiger partial charge on any atom is 0.306 e. The van der Waals surface area contributed by atoms with E-state index < -0.39 is 86.7 Å². The molecule has 2 aliphatic heterocycles. The van der Waals surface area contributed by atoms with E-state index in [1.807, 2.05) is 0 Å². The number of aliphatic hydroxyl groups excluding tert-OH is 7. The van der Waals surface area contributed by atoms with Gasteiger partial charge in [0.15, 0.2) is 12.6 Å². The van der Waals surface area contributed by atoms with E-state index in [1.54, 1.807) is 0 Å². The van der Waals surface area contributed by atoms with Crippen molar-refractivity contribution in [3.8, 4) is 0 Å². The fraction of sp³-hybridized carbons (Fsp3) is 0.689. The normalized spacial score (nSPS) is 25.5. The number of allylic oxidation sites excluding steroid dienone is 18. The van der Waals surface area contributed by atoms with E-state index in [2.05, 4.69) is 123 Å². The molecule has 0 aromatic heterocycles. The molecule has 0 aromatic rings. The Morgan fingerprint density at radius 3 is 1.29 bits per heavy atom. The Labute approximate surface area is 451 Å². The van der Waals surface area contributed by atoms with E-state index in [0.29, 0.717) is 13.0 Å². The van der Waals surface area contributed by atoms with Crippen LogP contribution in [-0.2, 0) is 33.2 Å². The Balaban J connectivity index is 1.73. The molecule has 2 heterocycles. The van der Waals surface area contributed by atoms with E-state index in [1.165, 1.54) is 32.1 Å². The monoisotopic (exact) mass is 1060 g/mol. The summed E-state index contributed by atoms with van der Waals surface area (Å²) in [6, 6.07) is 0. The summed E-state index contributed by atoms with van der Waals surface area (Å²) in [7, 11) is 0. The number of carbonyl (C=O) groups is 1. The van der Waals surface area contributed by atoms with Gasteiger partial charge in [-0.05, 0) is 96.3 Å². The summed E-state index contributed by atoms with van der Waals surface area (Å²) in [5.41, 5.74) is 0. The molecule has 75 heavy (non-hydrogen) atoms. The van der Waals surface area contributed by atoms with Crippen molar-refractivity contribution in [2.75, 3.05) is 33.0 Å². The maximum atomic E-state index is 13.1. The largest absolute Gasteiger partial charge is 0.457 e. The van der Waals surface area contributed by atoms with Gasteiger partial charge in [-0.25, -0.2) is 0 Å². The average Bonchev–Trinajstić information content (AvgIpc) is 3.41. The summed E-state index contributed by atoms with van der Waals surface area (Å²) in [4.78, 5) is 13.1. The molecule has 7 N–H and O–H groups in total. The van der Waals surface area contributed by atoms with E-state index in [9.17, 15) is 40.5 Å². The molecule has 2 fully saturated rings. The molecule has 2 saturated heterocycles. The first-order valence-electron chi connectivity index (χ1n) is 28.5. The highest BCUT2D eigenvalue weighted by Gasteiger charge is 2.47. The molecule has 0 aromatic carbocycles. The van der Waals surface area contributed by atoms with Gasteiger partial charge in [-0.1, -0.05) is 175 Å². The minimum Gasteiger partial charge on any atom is -0.457 e. The lowest BCUT2D eigenvalue weighted by molar-refractivity contribution is -0.332. The lowest BCUT2D eigenvalue weighted by atomic mass is 9.98. The van der Waals surface area contributed by atoms with Crippen molar-refractivity contribution >= 4 is 5.97 Å². The van der Waals surface area contributed by atoms with Crippen LogP contribution >= 0.6 is 0 Å². The molecule has 11 unspecified atom stereocenters. The molecule has 0 saturated carbocycles. The third-order valence-corrected chi connectivity index (χ3v) is 12.8. The summed E-state index contributed by atoms with van der Waals surface area (Å²) >= 11 is 0.